The van der Waals surface area contributed by atoms with Crippen LogP contribution in [0.5, 0.6) is 5.88 Å². The number of aromatic nitrogens is 1. The molecule has 0 bridgehead atoms. The van der Waals surface area contributed by atoms with Gasteiger partial charge in [0.25, 0.3) is 11.5 Å². The van der Waals surface area contributed by atoms with Gasteiger partial charge in [-0.3, -0.25) is 14.6 Å². The van der Waals surface area contributed by atoms with Gasteiger partial charge in [-0.25, -0.2) is 0 Å². The molecule has 0 saturated heterocycles. The number of pyridine rings is 1. The van der Waals surface area contributed by atoms with E-state index in [1.807, 2.05) is 0 Å². The third-order valence-corrected chi connectivity index (χ3v) is 2.72. The van der Waals surface area contributed by atoms with Crippen LogP contribution < -0.4 is 10.9 Å². The van der Waals surface area contributed by atoms with Crippen molar-refractivity contribution in [2.45, 2.75) is 0 Å². The zero-order valence-corrected chi connectivity index (χ0v) is 10.7. The van der Waals surface area contributed by atoms with Crippen LogP contribution in [0.2, 0.25) is 0 Å². The number of anilines is 1. The Kier molecular flexibility index (Phi) is 3.47. The topological polar surface area (TPSA) is 82.2 Å². The third kappa shape index (κ3) is 2.98. The number of halogens is 1. The number of nitrogens with one attached hydrogen (secondary N) is 2. The van der Waals surface area contributed by atoms with E-state index in [1.165, 1.54) is 6.07 Å². The van der Waals surface area contributed by atoms with Gasteiger partial charge in [0.05, 0.1) is 5.56 Å². The minimum absolute atomic E-state index is 0.0965. The first-order chi connectivity index (χ1) is 8.54. The van der Waals surface area contributed by atoms with Crippen molar-refractivity contribution in [1.29, 1.82) is 0 Å². The molecule has 0 aliphatic carbocycles. The maximum atomic E-state index is 11.8. The van der Waals surface area contributed by atoms with Gasteiger partial charge < -0.3 is 10.4 Å². The first-order valence-electron chi connectivity index (χ1n) is 5.05. The van der Waals surface area contributed by atoms with Crippen molar-refractivity contribution in [3.63, 3.8) is 0 Å². The molecule has 1 aromatic carbocycles. The van der Waals surface area contributed by atoms with Gasteiger partial charge in [-0.2, -0.15) is 0 Å². The van der Waals surface area contributed by atoms with Crippen molar-refractivity contribution in [3.8, 4) is 5.88 Å². The maximum absolute atomic E-state index is 11.8. The monoisotopic (exact) mass is 308 g/mol. The lowest BCUT2D eigenvalue weighted by Gasteiger charge is -2.05. The van der Waals surface area contributed by atoms with E-state index in [1.54, 1.807) is 24.3 Å². The Balaban J connectivity index is 2.21. The first-order valence-corrected chi connectivity index (χ1v) is 5.84. The van der Waals surface area contributed by atoms with Gasteiger partial charge >= 0.3 is 0 Å². The number of hydrogen-bond donors (Lipinski definition) is 3. The summed E-state index contributed by atoms with van der Waals surface area (Å²) in [6, 6.07) is 9.31. The minimum atomic E-state index is -0.532. The number of aromatic hydroxyl groups is 1. The molecule has 1 aromatic heterocycles. The standard InChI is InChI=1S/C12H9BrN2O3/c13-8-1-3-9(4-2-8)14-12(18)7-5-10(16)15-11(17)6-7/h1-6H,(H,14,18)(H2,15,16,17). The fraction of sp³-hybridized carbons (Fsp3) is 0. The Morgan fingerprint density at radius 3 is 2.50 bits per heavy atom. The zero-order chi connectivity index (χ0) is 13.1. The summed E-state index contributed by atoms with van der Waals surface area (Å²) in [6.07, 6.45) is 0. The highest BCUT2D eigenvalue weighted by atomic mass is 79.9. The highest BCUT2D eigenvalue weighted by Gasteiger charge is 2.08. The highest BCUT2D eigenvalue weighted by Crippen LogP contribution is 2.15. The Morgan fingerprint density at radius 1 is 1.22 bits per heavy atom. The number of carbonyl (C=O) groups is 1. The van der Waals surface area contributed by atoms with Gasteiger partial charge in [-0.05, 0) is 24.3 Å². The van der Waals surface area contributed by atoms with Crippen LogP contribution >= 0.6 is 15.9 Å². The fourth-order valence-corrected chi connectivity index (χ4v) is 1.66. The van der Waals surface area contributed by atoms with Gasteiger partial charge in [-0.1, -0.05) is 15.9 Å². The van der Waals surface area contributed by atoms with Crippen LogP contribution in [0.1, 0.15) is 10.4 Å². The number of carbonyl (C=O) groups excluding carboxylic acids is 1. The molecule has 1 heterocycles. The summed E-state index contributed by atoms with van der Waals surface area (Å²) in [6.45, 7) is 0. The SMILES string of the molecule is O=C(Nc1ccc(Br)cc1)c1cc(O)[nH]c(=O)c1. The van der Waals surface area contributed by atoms with Crippen LogP contribution in [0.25, 0.3) is 0 Å². The van der Waals surface area contributed by atoms with Crippen molar-refractivity contribution in [2.24, 2.45) is 0 Å². The lowest BCUT2D eigenvalue weighted by atomic mass is 10.2. The molecule has 0 aliphatic heterocycles. The molecule has 0 fully saturated rings. The molecule has 2 aromatic rings. The van der Waals surface area contributed by atoms with Crippen LogP contribution in [0.15, 0.2) is 45.7 Å². The molecule has 5 nitrogen and oxygen atoms in total. The first kappa shape index (κ1) is 12.4. The zero-order valence-electron chi connectivity index (χ0n) is 9.11. The van der Waals surface area contributed by atoms with Crippen molar-refractivity contribution in [1.82, 2.24) is 4.98 Å². The molecule has 6 heteroatoms. The molecular weight excluding hydrogens is 300 g/mol. The van der Waals surface area contributed by atoms with E-state index in [9.17, 15) is 14.7 Å². The van der Waals surface area contributed by atoms with Crippen molar-refractivity contribution in [2.75, 3.05) is 5.32 Å². The van der Waals surface area contributed by atoms with E-state index in [0.29, 0.717) is 5.69 Å². The number of H-pyrrole nitrogens is 1. The fourth-order valence-electron chi connectivity index (χ4n) is 1.40. The molecular formula is C12H9BrN2O3. The van der Waals surface area contributed by atoms with E-state index in [-0.39, 0.29) is 11.4 Å². The van der Waals surface area contributed by atoms with Gasteiger partial charge in [0.15, 0.2) is 5.88 Å². The highest BCUT2D eigenvalue weighted by molar-refractivity contribution is 9.10. The summed E-state index contributed by atoms with van der Waals surface area (Å²) < 4.78 is 0.897. The Morgan fingerprint density at radius 2 is 1.89 bits per heavy atom. The van der Waals surface area contributed by atoms with E-state index >= 15 is 0 Å². The second-order valence-corrected chi connectivity index (χ2v) is 4.50. The minimum Gasteiger partial charge on any atom is -0.494 e. The Labute approximate surface area is 111 Å². The van der Waals surface area contributed by atoms with E-state index in [4.69, 9.17) is 0 Å². The molecule has 0 atom stereocenters. The van der Waals surface area contributed by atoms with E-state index in [0.717, 1.165) is 10.5 Å². The van der Waals surface area contributed by atoms with Gasteiger partial charge in [0.2, 0.25) is 0 Å². The molecule has 92 valence electrons. The summed E-state index contributed by atoms with van der Waals surface area (Å²) in [5.74, 6) is -0.804. The second kappa shape index (κ2) is 5.05. The van der Waals surface area contributed by atoms with Gasteiger partial charge in [0.1, 0.15) is 0 Å². The third-order valence-electron chi connectivity index (χ3n) is 2.19. The smallest absolute Gasteiger partial charge is 0.256 e. The Hall–Kier alpha value is -2.08. The largest absolute Gasteiger partial charge is 0.494 e. The van der Waals surface area contributed by atoms with Crippen LogP contribution in [-0.4, -0.2) is 16.0 Å². The van der Waals surface area contributed by atoms with Gasteiger partial charge in [-0.15, -0.1) is 0 Å². The Bertz CT molecular complexity index is 635. The number of rotatable bonds is 2. The van der Waals surface area contributed by atoms with Crippen LogP contribution in [-0.2, 0) is 0 Å². The van der Waals surface area contributed by atoms with Crippen LogP contribution in [0, 0.1) is 0 Å². The van der Waals surface area contributed by atoms with Crippen molar-refractivity contribution >= 4 is 27.5 Å². The lowest BCUT2D eigenvalue weighted by Crippen LogP contribution is -2.15. The molecule has 0 radical (unpaired) electrons. The molecule has 2 rings (SSSR count). The molecule has 0 unspecified atom stereocenters. The molecule has 1 amide bonds. The van der Waals surface area contributed by atoms with E-state index < -0.39 is 11.5 Å². The predicted octanol–water partition coefficient (Wildman–Crippen LogP) is 2.10. The summed E-state index contributed by atoms with van der Waals surface area (Å²) >= 11 is 3.28. The maximum Gasteiger partial charge on any atom is 0.256 e. The number of amides is 1. The van der Waals surface area contributed by atoms with Crippen molar-refractivity contribution in [3.05, 3.63) is 56.8 Å². The van der Waals surface area contributed by atoms with E-state index in [2.05, 4.69) is 26.2 Å². The van der Waals surface area contributed by atoms with Gasteiger partial charge in [0, 0.05) is 22.3 Å². The number of hydrogen-bond acceptors (Lipinski definition) is 3. The summed E-state index contributed by atoms with van der Waals surface area (Å²) in [4.78, 5) is 25.1. The average molecular weight is 309 g/mol. The molecule has 3 N–H and O–H groups in total. The quantitative estimate of drug-likeness (QED) is 0.794. The average Bonchev–Trinajstić information content (AvgIpc) is 2.31. The summed E-state index contributed by atoms with van der Waals surface area (Å²) in [5, 5.41) is 11.8. The molecule has 0 saturated carbocycles. The molecule has 0 spiro atoms. The van der Waals surface area contributed by atoms with Crippen LogP contribution in [0.3, 0.4) is 0 Å². The lowest BCUT2D eigenvalue weighted by molar-refractivity contribution is 0.102. The number of benzene rings is 1. The normalized spacial score (nSPS) is 10.1. The molecule has 18 heavy (non-hydrogen) atoms. The summed E-state index contributed by atoms with van der Waals surface area (Å²) in [7, 11) is 0. The van der Waals surface area contributed by atoms with Crippen LogP contribution in [0.4, 0.5) is 5.69 Å². The number of aromatic amines is 1. The predicted molar refractivity (Wildman–Crippen MR) is 70.8 cm³/mol. The molecule has 0 aliphatic rings. The van der Waals surface area contributed by atoms with Crippen molar-refractivity contribution < 1.29 is 9.90 Å². The second-order valence-electron chi connectivity index (χ2n) is 3.58. The summed E-state index contributed by atoms with van der Waals surface area (Å²) in [5.41, 5.74) is 0.165.